The van der Waals surface area contributed by atoms with Crippen molar-refractivity contribution in [3.63, 3.8) is 0 Å². The summed E-state index contributed by atoms with van der Waals surface area (Å²) >= 11 is 0. The fourth-order valence-electron chi connectivity index (χ4n) is 1.14. The molecule has 1 atom stereocenters. The largest absolute Gasteiger partial charge is 0.309 e. The van der Waals surface area contributed by atoms with E-state index < -0.39 is 0 Å². The Morgan fingerprint density at radius 2 is 1.73 bits per heavy atom. The van der Waals surface area contributed by atoms with Gasteiger partial charge in [-0.15, -0.1) is 0 Å². The van der Waals surface area contributed by atoms with Gasteiger partial charge in [0.2, 0.25) is 0 Å². The highest BCUT2D eigenvalue weighted by Crippen LogP contribution is 2.30. The van der Waals surface area contributed by atoms with Gasteiger partial charge in [0.25, 0.3) is 0 Å². The average Bonchev–Trinajstić information content (AvgIpc) is 1.86. The van der Waals surface area contributed by atoms with E-state index in [-0.39, 0.29) is 0 Å². The molecule has 0 fully saturated rings. The molecule has 0 radical (unpaired) electrons. The summed E-state index contributed by atoms with van der Waals surface area (Å²) in [6.07, 6.45) is 1.27. The van der Waals surface area contributed by atoms with Crippen LogP contribution in [0.4, 0.5) is 0 Å². The van der Waals surface area contributed by atoms with Crippen molar-refractivity contribution in [3.05, 3.63) is 0 Å². The highest BCUT2D eigenvalue weighted by molar-refractivity contribution is 4.74. The summed E-state index contributed by atoms with van der Waals surface area (Å²) in [4.78, 5) is 2.27. The van der Waals surface area contributed by atoms with Crippen LogP contribution in [-0.2, 0) is 0 Å². The Labute approximate surface area is 71.8 Å². The second-order valence-electron chi connectivity index (χ2n) is 4.51. The van der Waals surface area contributed by atoms with Crippen LogP contribution in [0.1, 0.15) is 34.1 Å². The molecule has 1 nitrogen and oxygen atoms in total. The minimum absolute atomic E-state index is 0.490. The topological polar surface area (TPSA) is 3.24 Å². The molecular weight excluding hydrogens is 134 g/mol. The standard InChI is InChI=1S/C10H23N/c1-7-10(3,4)9(2)8-11(5)6/h9H,7-8H2,1-6H3. The molecule has 1 heteroatoms. The van der Waals surface area contributed by atoms with Gasteiger partial charge in [-0.05, 0) is 25.4 Å². The highest BCUT2D eigenvalue weighted by atomic mass is 15.1. The van der Waals surface area contributed by atoms with Crippen LogP contribution in [-0.4, -0.2) is 25.5 Å². The van der Waals surface area contributed by atoms with Crippen LogP contribution in [0.5, 0.6) is 0 Å². The van der Waals surface area contributed by atoms with Gasteiger partial charge in [0.15, 0.2) is 0 Å². The minimum atomic E-state index is 0.490. The molecule has 68 valence electrons. The molecule has 0 aliphatic heterocycles. The van der Waals surface area contributed by atoms with Crippen LogP contribution in [0.2, 0.25) is 0 Å². The Morgan fingerprint density at radius 1 is 1.27 bits per heavy atom. The van der Waals surface area contributed by atoms with Crippen molar-refractivity contribution < 1.29 is 0 Å². The second-order valence-corrected chi connectivity index (χ2v) is 4.51. The summed E-state index contributed by atoms with van der Waals surface area (Å²) in [7, 11) is 4.28. The predicted molar refractivity (Wildman–Crippen MR) is 51.8 cm³/mol. The molecular formula is C10H23N. The van der Waals surface area contributed by atoms with E-state index in [1.54, 1.807) is 0 Å². The van der Waals surface area contributed by atoms with Crippen molar-refractivity contribution in [3.8, 4) is 0 Å². The van der Waals surface area contributed by atoms with Gasteiger partial charge < -0.3 is 4.90 Å². The van der Waals surface area contributed by atoms with Crippen molar-refractivity contribution in [1.29, 1.82) is 0 Å². The van der Waals surface area contributed by atoms with Crippen molar-refractivity contribution >= 4 is 0 Å². The Bertz CT molecular complexity index is 105. The molecule has 0 rings (SSSR count). The zero-order valence-corrected chi connectivity index (χ0v) is 8.94. The third-order valence-corrected chi connectivity index (χ3v) is 2.88. The third kappa shape index (κ3) is 3.76. The molecule has 0 N–H and O–H groups in total. The summed E-state index contributed by atoms with van der Waals surface area (Å²) in [6.45, 7) is 10.5. The van der Waals surface area contributed by atoms with E-state index >= 15 is 0 Å². The van der Waals surface area contributed by atoms with Crippen molar-refractivity contribution in [2.75, 3.05) is 20.6 Å². The lowest BCUT2D eigenvalue weighted by Crippen LogP contribution is -2.30. The summed E-state index contributed by atoms with van der Waals surface area (Å²) in [5.74, 6) is 0.780. The molecule has 0 saturated carbocycles. The zero-order chi connectivity index (χ0) is 9.07. The fraction of sp³-hybridized carbons (Fsp3) is 1.00. The van der Waals surface area contributed by atoms with E-state index in [4.69, 9.17) is 0 Å². The maximum atomic E-state index is 2.35. The molecule has 11 heavy (non-hydrogen) atoms. The van der Waals surface area contributed by atoms with E-state index in [1.807, 2.05) is 0 Å². The number of nitrogens with zero attached hydrogens (tertiary/aromatic N) is 1. The Hall–Kier alpha value is -0.0400. The van der Waals surface area contributed by atoms with Gasteiger partial charge in [-0.3, -0.25) is 0 Å². The van der Waals surface area contributed by atoms with Gasteiger partial charge in [0, 0.05) is 6.54 Å². The molecule has 0 aliphatic carbocycles. The Balaban J connectivity index is 3.90. The van der Waals surface area contributed by atoms with Crippen molar-refractivity contribution in [2.24, 2.45) is 11.3 Å². The molecule has 0 aliphatic rings. The molecule has 0 heterocycles. The smallest absolute Gasteiger partial charge is 0.000602 e. The number of rotatable bonds is 4. The molecule has 1 unspecified atom stereocenters. The molecule has 0 aromatic rings. The molecule has 0 aromatic carbocycles. The van der Waals surface area contributed by atoms with Gasteiger partial charge in [0.05, 0.1) is 0 Å². The first-order valence-electron chi connectivity index (χ1n) is 4.55. The van der Waals surface area contributed by atoms with Crippen molar-refractivity contribution in [2.45, 2.75) is 34.1 Å². The van der Waals surface area contributed by atoms with Gasteiger partial charge in [-0.2, -0.15) is 0 Å². The van der Waals surface area contributed by atoms with E-state index in [0.717, 1.165) is 5.92 Å². The molecule has 0 saturated heterocycles. The normalized spacial score (nSPS) is 15.5. The zero-order valence-electron chi connectivity index (χ0n) is 8.94. The van der Waals surface area contributed by atoms with Gasteiger partial charge >= 0.3 is 0 Å². The highest BCUT2D eigenvalue weighted by Gasteiger charge is 2.23. The van der Waals surface area contributed by atoms with Gasteiger partial charge in [-0.25, -0.2) is 0 Å². The maximum absolute atomic E-state index is 2.35. The molecule has 0 bridgehead atoms. The van der Waals surface area contributed by atoms with Crippen LogP contribution in [0.3, 0.4) is 0 Å². The number of hydrogen-bond donors (Lipinski definition) is 0. The van der Waals surface area contributed by atoms with Crippen LogP contribution >= 0.6 is 0 Å². The predicted octanol–water partition coefficient (Wildman–Crippen LogP) is 2.62. The Kier molecular flexibility index (Phi) is 4.09. The first-order valence-corrected chi connectivity index (χ1v) is 4.55. The van der Waals surface area contributed by atoms with Gasteiger partial charge in [0.1, 0.15) is 0 Å². The van der Waals surface area contributed by atoms with E-state index in [0.29, 0.717) is 5.41 Å². The van der Waals surface area contributed by atoms with E-state index in [9.17, 15) is 0 Å². The van der Waals surface area contributed by atoms with Crippen LogP contribution < -0.4 is 0 Å². The quantitative estimate of drug-likeness (QED) is 0.606. The summed E-state index contributed by atoms with van der Waals surface area (Å²) in [6, 6.07) is 0. The van der Waals surface area contributed by atoms with Crippen molar-refractivity contribution in [1.82, 2.24) is 4.90 Å². The lowest BCUT2D eigenvalue weighted by Gasteiger charge is -2.32. The Morgan fingerprint density at radius 3 is 2.00 bits per heavy atom. The summed E-state index contributed by atoms with van der Waals surface area (Å²) < 4.78 is 0. The summed E-state index contributed by atoms with van der Waals surface area (Å²) in [5, 5.41) is 0. The lowest BCUT2D eigenvalue weighted by molar-refractivity contribution is 0.175. The van der Waals surface area contributed by atoms with Gasteiger partial charge in [-0.1, -0.05) is 34.1 Å². The molecule has 0 aromatic heterocycles. The maximum Gasteiger partial charge on any atom is 0.000602 e. The van der Waals surface area contributed by atoms with E-state index in [1.165, 1.54) is 13.0 Å². The number of hydrogen-bond acceptors (Lipinski definition) is 1. The molecule has 0 spiro atoms. The average molecular weight is 157 g/mol. The molecule has 0 amide bonds. The first-order chi connectivity index (χ1) is 4.90. The fourth-order valence-corrected chi connectivity index (χ4v) is 1.14. The second kappa shape index (κ2) is 4.10. The summed E-state index contributed by atoms with van der Waals surface area (Å²) in [5.41, 5.74) is 0.490. The monoisotopic (exact) mass is 157 g/mol. The van der Waals surface area contributed by atoms with Crippen LogP contribution in [0, 0.1) is 11.3 Å². The lowest BCUT2D eigenvalue weighted by atomic mass is 9.77. The minimum Gasteiger partial charge on any atom is -0.309 e. The van der Waals surface area contributed by atoms with Crippen LogP contribution in [0.15, 0.2) is 0 Å². The third-order valence-electron chi connectivity index (χ3n) is 2.88. The SMILES string of the molecule is CCC(C)(C)C(C)CN(C)C. The first kappa shape index (κ1) is 11.0. The van der Waals surface area contributed by atoms with Crippen LogP contribution in [0.25, 0.3) is 0 Å². The van der Waals surface area contributed by atoms with E-state index in [2.05, 4.69) is 46.7 Å².